The van der Waals surface area contributed by atoms with Gasteiger partial charge in [-0.1, -0.05) is 0 Å². The molecule has 0 unspecified atom stereocenters. The minimum Gasteiger partial charge on any atom is -0.457 e. The molecule has 1 saturated heterocycles. The van der Waals surface area contributed by atoms with E-state index in [1.807, 2.05) is 13.8 Å². The first-order valence-electron chi connectivity index (χ1n) is 4.66. The smallest absolute Gasteiger partial charge is 0.309 e. The van der Waals surface area contributed by atoms with E-state index in [0.29, 0.717) is 26.2 Å². The number of hydrogen-bond acceptors (Lipinski definition) is 4. The van der Waals surface area contributed by atoms with Crippen molar-refractivity contribution in [2.45, 2.75) is 32.5 Å². The molecule has 0 amide bonds. The molecule has 76 valence electrons. The van der Waals surface area contributed by atoms with Gasteiger partial charge in [0.1, 0.15) is 6.10 Å². The number of carbonyl (C=O) groups is 1. The molecule has 2 atom stereocenters. The molecule has 4 nitrogen and oxygen atoms in total. The minimum absolute atomic E-state index is 0.121. The summed E-state index contributed by atoms with van der Waals surface area (Å²) in [4.78, 5) is 10.9. The second-order valence-electron chi connectivity index (χ2n) is 2.89. The van der Waals surface area contributed by atoms with Crippen molar-refractivity contribution in [2.24, 2.45) is 0 Å². The summed E-state index contributed by atoms with van der Waals surface area (Å²) < 4.78 is 15.6. The Labute approximate surface area is 78.2 Å². The zero-order valence-electron chi connectivity index (χ0n) is 8.12. The molecule has 1 aliphatic heterocycles. The highest BCUT2D eigenvalue weighted by Gasteiger charge is 2.35. The average Bonchev–Trinajstić information content (AvgIpc) is 2.44. The second kappa shape index (κ2) is 5.19. The van der Waals surface area contributed by atoms with E-state index in [2.05, 4.69) is 0 Å². The molecule has 13 heavy (non-hydrogen) atoms. The van der Waals surface area contributed by atoms with Gasteiger partial charge < -0.3 is 14.2 Å². The van der Waals surface area contributed by atoms with Crippen LogP contribution in [0.1, 0.15) is 20.3 Å². The van der Waals surface area contributed by atoms with E-state index >= 15 is 0 Å². The Bertz CT molecular complexity index is 169. The molecule has 1 rings (SSSR count). The van der Waals surface area contributed by atoms with Gasteiger partial charge in [-0.15, -0.1) is 0 Å². The summed E-state index contributed by atoms with van der Waals surface area (Å²) in [5, 5.41) is 0. The summed E-state index contributed by atoms with van der Waals surface area (Å²) in [7, 11) is 0. The minimum atomic E-state index is -0.215. The van der Waals surface area contributed by atoms with Crippen LogP contribution in [0.25, 0.3) is 0 Å². The van der Waals surface area contributed by atoms with Gasteiger partial charge in [0.2, 0.25) is 0 Å². The predicted octanol–water partition coefficient (Wildman–Crippen LogP) is 0.744. The highest BCUT2D eigenvalue weighted by atomic mass is 16.6. The number of ether oxygens (including phenoxy) is 3. The molecule has 0 aromatic carbocycles. The van der Waals surface area contributed by atoms with Gasteiger partial charge in [0.05, 0.1) is 13.0 Å². The van der Waals surface area contributed by atoms with Crippen LogP contribution >= 0.6 is 0 Å². The predicted molar refractivity (Wildman–Crippen MR) is 46.4 cm³/mol. The van der Waals surface area contributed by atoms with Crippen LogP contribution in [0.3, 0.4) is 0 Å². The molecule has 0 saturated carbocycles. The Kier molecular flexibility index (Phi) is 4.18. The summed E-state index contributed by atoms with van der Waals surface area (Å²) in [6.07, 6.45) is 0.0161. The maximum absolute atomic E-state index is 10.9. The Morgan fingerprint density at radius 3 is 2.85 bits per heavy atom. The maximum Gasteiger partial charge on any atom is 0.309 e. The molecule has 0 N–H and O–H groups in total. The molecule has 0 aliphatic carbocycles. The largest absolute Gasteiger partial charge is 0.457 e. The SMILES string of the molecule is CCOC[C@@H]1OC(=O)C[C@H]1OCC. The van der Waals surface area contributed by atoms with Crippen molar-refractivity contribution in [3.8, 4) is 0 Å². The molecular weight excluding hydrogens is 172 g/mol. The van der Waals surface area contributed by atoms with E-state index in [0.717, 1.165) is 0 Å². The van der Waals surface area contributed by atoms with Crippen LogP contribution in [0.15, 0.2) is 0 Å². The van der Waals surface area contributed by atoms with Gasteiger partial charge in [0.15, 0.2) is 6.10 Å². The van der Waals surface area contributed by atoms with Crippen molar-refractivity contribution in [1.29, 1.82) is 0 Å². The number of rotatable bonds is 5. The Hall–Kier alpha value is -0.610. The first-order valence-corrected chi connectivity index (χ1v) is 4.66. The van der Waals surface area contributed by atoms with Crippen LogP contribution in [0.4, 0.5) is 0 Å². The molecule has 0 aromatic rings. The van der Waals surface area contributed by atoms with Gasteiger partial charge in [-0.25, -0.2) is 0 Å². The lowest BCUT2D eigenvalue weighted by molar-refractivity contribution is -0.144. The molecule has 1 fully saturated rings. The van der Waals surface area contributed by atoms with Gasteiger partial charge in [-0.2, -0.15) is 0 Å². The molecule has 0 bridgehead atoms. The molecule has 1 heterocycles. The lowest BCUT2D eigenvalue weighted by Crippen LogP contribution is -2.29. The van der Waals surface area contributed by atoms with Gasteiger partial charge >= 0.3 is 5.97 Å². The highest BCUT2D eigenvalue weighted by molar-refractivity contribution is 5.72. The van der Waals surface area contributed by atoms with Crippen LogP contribution in [0, 0.1) is 0 Å². The zero-order valence-corrected chi connectivity index (χ0v) is 8.12. The van der Waals surface area contributed by atoms with Crippen LogP contribution in [0.5, 0.6) is 0 Å². The third-order valence-electron chi connectivity index (χ3n) is 1.93. The molecule has 1 aliphatic rings. The third kappa shape index (κ3) is 2.97. The molecule has 0 aromatic heterocycles. The van der Waals surface area contributed by atoms with E-state index in [1.165, 1.54) is 0 Å². The van der Waals surface area contributed by atoms with Crippen molar-refractivity contribution in [3.05, 3.63) is 0 Å². The maximum atomic E-state index is 10.9. The van der Waals surface area contributed by atoms with Crippen LogP contribution in [0.2, 0.25) is 0 Å². The van der Waals surface area contributed by atoms with Crippen LogP contribution in [-0.2, 0) is 19.0 Å². The first kappa shape index (κ1) is 10.5. The van der Waals surface area contributed by atoms with Gasteiger partial charge in [0.25, 0.3) is 0 Å². The fourth-order valence-corrected chi connectivity index (χ4v) is 1.34. The number of hydrogen-bond donors (Lipinski definition) is 0. The Morgan fingerprint density at radius 1 is 1.46 bits per heavy atom. The molecule has 0 spiro atoms. The van der Waals surface area contributed by atoms with E-state index in [4.69, 9.17) is 14.2 Å². The van der Waals surface area contributed by atoms with Crippen molar-refractivity contribution in [2.75, 3.05) is 19.8 Å². The summed E-state index contributed by atoms with van der Waals surface area (Å²) in [5.41, 5.74) is 0. The summed E-state index contributed by atoms with van der Waals surface area (Å²) >= 11 is 0. The number of esters is 1. The van der Waals surface area contributed by atoms with Crippen molar-refractivity contribution >= 4 is 5.97 Å². The Morgan fingerprint density at radius 2 is 2.23 bits per heavy atom. The van der Waals surface area contributed by atoms with Crippen molar-refractivity contribution in [3.63, 3.8) is 0 Å². The topological polar surface area (TPSA) is 44.8 Å². The standard InChI is InChI=1S/C9H16O4/c1-3-11-6-8-7(12-4-2)5-9(10)13-8/h7-8H,3-6H2,1-2H3/t7-,8+/m1/s1. The quantitative estimate of drug-likeness (QED) is 0.597. The summed E-state index contributed by atoms with van der Waals surface area (Å²) in [6, 6.07) is 0. The lowest BCUT2D eigenvalue weighted by atomic mass is 10.2. The zero-order chi connectivity index (χ0) is 9.68. The highest BCUT2D eigenvalue weighted by Crippen LogP contribution is 2.18. The normalized spacial score (nSPS) is 27.7. The van der Waals surface area contributed by atoms with Gasteiger partial charge in [-0.05, 0) is 13.8 Å². The summed E-state index contributed by atoms with van der Waals surface area (Å²) in [5.74, 6) is -0.192. The molecule has 4 heteroatoms. The third-order valence-corrected chi connectivity index (χ3v) is 1.93. The molecular formula is C9H16O4. The number of cyclic esters (lactones) is 1. The van der Waals surface area contributed by atoms with Crippen molar-refractivity contribution in [1.82, 2.24) is 0 Å². The van der Waals surface area contributed by atoms with Crippen LogP contribution < -0.4 is 0 Å². The monoisotopic (exact) mass is 188 g/mol. The van der Waals surface area contributed by atoms with E-state index in [-0.39, 0.29) is 18.2 Å². The van der Waals surface area contributed by atoms with E-state index in [1.54, 1.807) is 0 Å². The Balaban J connectivity index is 2.36. The second-order valence-corrected chi connectivity index (χ2v) is 2.89. The average molecular weight is 188 g/mol. The van der Waals surface area contributed by atoms with Crippen molar-refractivity contribution < 1.29 is 19.0 Å². The van der Waals surface area contributed by atoms with E-state index < -0.39 is 0 Å². The van der Waals surface area contributed by atoms with Gasteiger partial charge in [-0.3, -0.25) is 4.79 Å². The van der Waals surface area contributed by atoms with Gasteiger partial charge in [0, 0.05) is 13.2 Å². The summed E-state index contributed by atoms with van der Waals surface area (Å²) in [6.45, 7) is 5.48. The fourth-order valence-electron chi connectivity index (χ4n) is 1.34. The lowest BCUT2D eigenvalue weighted by Gasteiger charge is -2.16. The number of carbonyl (C=O) groups excluding carboxylic acids is 1. The molecule has 0 radical (unpaired) electrons. The van der Waals surface area contributed by atoms with E-state index in [9.17, 15) is 4.79 Å². The van der Waals surface area contributed by atoms with Crippen LogP contribution in [-0.4, -0.2) is 38.0 Å². The first-order chi connectivity index (χ1) is 6.27. The fraction of sp³-hybridized carbons (Fsp3) is 0.889.